The first-order chi connectivity index (χ1) is 12.4. The average molecular weight is 360 g/mol. The second kappa shape index (κ2) is 11.7. The lowest BCUT2D eigenvalue weighted by molar-refractivity contribution is -0.139. The largest absolute Gasteiger partial charge is 0.469 e. The highest BCUT2D eigenvalue weighted by Crippen LogP contribution is 2.28. The summed E-state index contributed by atoms with van der Waals surface area (Å²) < 4.78 is 16.1. The molecule has 0 saturated heterocycles. The van der Waals surface area contributed by atoms with E-state index in [1.54, 1.807) is 14.2 Å². The zero-order valence-corrected chi connectivity index (χ0v) is 16.8. The van der Waals surface area contributed by atoms with E-state index in [0.717, 1.165) is 11.1 Å². The molecule has 0 saturated carbocycles. The molecule has 0 bridgehead atoms. The minimum Gasteiger partial charge on any atom is -0.469 e. The maximum absolute atomic E-state index is 11.2. The van der Waals surface area contributed by atoms with Crippen LogP contribution in [0.3, 0.4) is 0 Å². The highest BCUT2D eigenvalue weighted by molar-refractivity contribution is 5.70. The van der Waals surface area contributed by atoms with Gasteiger partial charge in [-0.05, 0) is 18.1 Å². The molecule has 0 amide bonds. The van der Waals surface area contributed by atoms with Gasteiger partial charge in [0.2, 0.25) is 0 Å². The average Bonchev–Trinajstić information content (AvgIpc) is 2.63. The summed E-state index contributed by atoms with van der Waals surface area (Å²) in [6.45, 7) is 6.30. The molecule has 0 spiro atoms. The van der Waals surface area contributed by atoms with Crippen LogP contribution in [0.25, 0.3) is 0 Å². The van der Waals surface area contributed by atoms with Gasteiger partial charge >= 0.3 is 5.97 Å². The molecule has 4 heteroatoms. The fourth-order valence-electron chi connectivity index (χ4n) is 3.27. The molecule has 1 rings (SSSR count). The van der Waals surface area contributed by atoms with Crippen LogP contribution in [0, 0.1) is 11.8 Å². The second-order valence-corrected chi connectivity index (χ2v) is 6.56. The van der Waals surface area contributed by atoms with E-state index in [1.807, 2.05) is 30.4 Å². The number of esters is 1. The van der Waals surface area contributed by atoms with Crippen LogP contribution in [0.4, 0.5) is 0 Å². The van der Waals surface area contributed by atoms with Gasteiger partial charge in [0.15, 0.2) is 0 Å². The molecular weight excluding hydrogens is 328 g/mol. The fraction of sp³-hybridized carbons (Fsp3) is 0.500. The zero-order chi connectivity index (χ0) is 19.5. The SMILES string of the molecule is COC(=O)C/C=C/[C@@H](C)[C@H](OC)/C(C)=C/[C@@H](C)[C@H](OC)c1ccccc1. The lowest BCUT2D eigenvalue weighted by Gasteiger charge is -2.25. The van der Waals surface area contributed by atoms with Crippen molar-refractivity contribution in [2.75, 3.05) is 21.3 Å². The van der Waals surface area contributed by atoms with E-state index in [1.165, 1.54) is 7.11 Å². The van der Waals surface area contributed by atoms with E-state index >= 15 is 0 Å². The number of carbonyl (C=O) groups is 1. The highest BCUT2D eigenvalue weighted by atomic mass is 16.5. The molecule has 0 unspecified atom stereocenters. The third kappa shape index (κ3) is 6.77. The van der Waals surface area contributed by atoms with Crippen molar-refractivity contribution in [2.45, 2.75) is 39.4 Å². The first-order valence-corrected chi connectivity index (χ1v) is 8.96. The van der Waals surface area contributed by atoms with Gasteiger partial charge < -0.3 is 14.2 Å². The molecule has 144 valence electrons. The Morgan fingerprint density at radius 1 is 1.04 bits per heavy atom. The third-order valence-electron chi connectivity index (χ3n) is 4.52. The minimum absolute atomic E-state index is 0.00571. The van der Waals surface area contributed by atoms with Crippen LogP contribution in [0.2, 0.25) is 0 Å². The van der Waals surface area contributed by atoms with E-state index in [0.29, 0.717) is 0 Å². The molecule has 0 heterocycles. The molecule has 26 heavy (non-hydrogen) atoms. The van der Waals surface area contributed by atoms with Crippen molar-refractivity contribution in [3.8, 4) is 0 Å². The van der Waals surface area contributed by atoms with Gasteiger partial charge in [-0.1, -0.05) is 62.4 Å². The smallest absolute Gasteiger partial charge is 0.309 e. The number of hydrogen-bond donors (Lipinski definition) is 0. The van der Waals surface area contributed by atoms with E-state index in [9.17, 15) is 4.79 Å². The summed E-state index contributed by atoms with van der Waals surface area (Å²) in [7, 11) is 4.84. The zero-order valence-electron chi connectivity index (χ0n) is 16.8. The molecule has 4 nitrogen and oxygen atoms in total. The minimum atomic E-state index is -0.242. The van der Waals surface area contributed by atoms with Crippen molar-refractivity contribution in [1.82, 2.24) is 0 Å². The molecule has 0 aliphatic rings. The summed E-state index contributed by atoms with van der Waals surface area (Å²) >= 11 is 0. The number of rotatable bonds is 10. The summed E-state index contributed by atoms with van der Waals surface area (Å²) in [6.07, 6.45) is 6.25. The maximum Gasteiger partial charge on any atom is 0.309 e. The first-order valence-electron chi connectivity index (χ1n) is 8.96. The maximum atomic E-state index is 11.2. The number of methoxy groups -OCH3 is 3. The Morgan fingerprint density at radius 3 is 2.23 bits per heavy atom. The van der Waals surface area contributed by atoms with E-state index in [-0.39, 0.29) is 36.4 Å². The Balaban J connectivity index is 2.84. The molecule has 0 fully saturated rings. The Bertz CT molecular complexity index is 591. The second-order valence-electron chi connectivity index (χ2n) is 6.56. The van der Waals surface area contributed by atoms with Crippen molar-refractivity contribution in [3.05, 3.63) is 59.7 Å². The van der Waals surface area contributed by atoms with Gasteiger partial charge in [-0.15, -0.1) is 0 Å². The molecule has 1 aromatic carbocycles. The molecule has 0 aliphatic heterocycles. The van der Waals surface area contributed by atoms with Gasteiger partial charge in [-0.3, -0.25) is 4.79 Å². The lowest BCUT2D eigenvalue weighted by atomic mass is 9.91. The van der Waals surface area contributed by atoms with Crippen molar-refractivity contribution >= 4 is 5.97 Å². The van der Waals surface area contributed by atoms with Gasteiger partial charge in [0.1, 0.15) is 0 Å². The van der Waals surface area contributed by atoms with Gasteiger partial charge in [0, 0.05) is 26.1 Å². The Morgan fingerprint density at radius 2 is 1.69 bits per heavy atom. The van der Waals surface area contributed by atoms with Crippen molar-refractivity contribution in [2.24, 2.45) is 11.8 Å². The molecular formula is C22H32O4. The van der Waals surface area contributed by atoms with Crippen molar-refractivity contribution in [1.29, 1.82) is 0 Å². The quantitative estimate of drug-likeness (QED) is 0.447. The first kappa shape index (κ1) is 22.1. The normalized spacial score (nSPS) is 16.9. The van der Waals surface area contributed by atoms with Crippen LogP contribution in [0.1, 0.15) is 38.9 Å². The number of benzene rings is 1. The Hall–Kier alpha value is -1.91. The predicted molar refractivity (Wildman–Crippen MR) is 105 cm³/mol. The number of hydrogen-bond acceptors (Lipinski definition) is 4. The van der Waals surface area contributed by atoms with E-state index in [2.05, 4.69) is 43.7 Å². The van der Waals surface area contributed by atoms with Crippen LogP contribution in [0.15, 0.2) is 54.1 Å². The molecule has 0 radical (unpaired) electrons. The third-order valence-corrected chi connectivity index (χ3v) is 4.52. The lowest BCUT2D eigenvalue weighted by Crippen LogP contribution is -2.22. The molecule has 0 aromatic heterocycles. The molecule has 4 atom stereocenters. The van der Waals surface area contributed by atoms with Crippen LogP contribution in [-0.2, 0) is 19.0 Å². The molecule has 0 aliphatic carbocycles. The van der Waals surface area contributed by atoms with Crippen molar-refractivity contribution < 1.29 is 19.0 Å². The monoisotopic (exact) mass is 360 g/mol. The Labute approximate surface area is 157 Å². The van der Waals surface area contributed by atoms with Crippen LogP contribution in [-0.4, -0.2) is 33.4 Å². The van der Waals surface area contributed by atoms with Gasteiger partial charge in [-0.2, -0.15) is 0 Å². The predicted octanol–water partition coefficient (Wildman–Crippen LogP) is 4.73. The number of carbonyl (C=O) groups excluding carboxylic acids is 1. The van der Waals surface area contributed by atoms with Gasteiger partial charge in [0.05, 0.1) is 25.7 Å². The fourth-order valence-corrected chi connectivity index (χ4v) is 3.27. The molecule has 0 N–H and O–H groups in total. The standard InChI is InChI=1S/C22H32O4/c1-16(11-10-14-20(23)24-4)21(25-5)17(2)15-18(3)22(26-6)19-12-8-7-9-13-19/h7-13,15-16,18,21-22H,14H2,1-6H3/b11-10+,17-15+/t16-,18-,21+,22+/m1/s1. The van der Waals surface area contributed by atoms with Gasteiger partial charge in [0.25, 0.3) is 0 Å². The van der Waals surface area contributed by atoms with E-state index < -0.39 is 0 Å². The highest BCUT2D eigenvalue weighted by Gasteiger charge is 2.21. The van der Waals surface area contributed by atoms with Crippen LogP contribution in [0.5, 0.6) is 0 Å². The number of ether oxygens (including phenoxy) is 3. The Kier molecular flexibility index (Phi) is 9.92. The summed E-state index contributed by atoms with van der Waals surface area (Å²) in [5.41, 5.74) is 2.31. The molecule has 1 aromatic rings. The van der Waals surface area contributed by atoms with Crippen LogP contribution < -0.4 is 0 Å². The van der Waals surface area contributed by atoms with Gasteiger partial charge in [-0.25, -0.2) is 0 Å². The topological polar surface area (TPSA) is 44.8 Å². The van der Waals surface area contributed by atoms with E-state index in [4.69, 9.17) is 9.47 Å². The van der Waals surface area contributed by atoms with Crippen LogP contribution >= 0.6 is 0 Å². The summed E-state index contributed by atoms with van der Waals surface area (Å²) in [5, 5.41) is 0. The van der Waals surface area contributed by atoms with Crippen molar-refractivity contribution in [3.63, 3.8) is 0 Å². The summed E-state index contributed by atoms with van der Waals surface area (Å²) in [6, 6.07) is 10.2. The summed E-state index contributed by atoms with van der Waals surface area (Å²) in [5.74, 6) is 0.103. The summed E-state index contributed by atoms with van der Waals surface area (Å²) in [4.78, 5) is 11.2.